The van der Waals surface area contributed by atoms with Gasteiger partial charge in [-0.3, -0.25) is 14.2 Å². The number of para-hydroxylation sites is 1. The van der Waals surface area contributed by atoms with Gasteiger partial charge in [0.05, 0.1) is 12.6 Å². The van der Waals surface area contributed by atoms with Crippen LogP contribution in [0.5, 0.6) is 11.5 Å². The van der Waals surface area contributed by atoms with E-state index in [9.17, 15) is 9.59 Å². The molecule has 0 saturated heterocycles. The van der Waals surface area contributed by atoms with E-state index in [1.807, 2.05) is 50.2 Å². The van der Waals surface area contributed by atoms with Gasteiger partial charge in [0.1, 0.15) is 11.5 Å². The number of benzene rings is 4. The molecule has 5 rings (SSSR count). The van der Waals surface area contributed by atoms with Crippen molar-refractivity contribution in [2.24, 2.45) is 5.92 Å². The molecule has 0 fully saturated rings. The number of halogens is 1. The number of ether oxygens (including phenoxy) is 2. The van der Waals surface area contributed by atoms with Crippen LogP contribution >= 0.6 is 11.6 Å². The van der Waals surface area contributed by atoms with Gasteiger partial charge >= 0.3 is 5.97 Å². The van der Waals surface area contributed by atoms with E-state index >= 15 is 0 Å². The Kier molecular flexibility index (Phi) is 15.6. The number of rotatable bonds is 7. The Balaban J connectivity index is 0.000000273. The smallest absolute Gasteiger partial charge is 0.308 e. The topological polar surface area (TPSA) is 57.5 Å². The third-order valence-electron chi connectivity index (χ3n) is 7.83. The van der Waals surface area contributed by atoms with E-state index < -0.39 is 0 Å². The molecule has 1 aromatic heterocycles. The largest absolute Gasteiger partial charge is 0.497 e. The molecule has 5 aromatic rings. The van der Waals surface area contributed by atoms with Crippen molar-refractivity contribution in [3.8, 4) is 11.5 Å². The second kappa shape index (κ2) is 18.8. The Morgan fingerprint density at radius 3 is 2.00 bits per heavy atom. The molecular weight excluding hydrogens is 618 g/mol. The van der Waals surface area contributed by atoms with Crippen LogP contribution in [0.1, 0.15) is 93.2 Å². The molecule has 0 amide bonds. The quantitative estimate of drug-likeness (QED) is 0.128. The molecule has 5 nitrogen and oxygen atoms in total. The molecule has 6 heteroatoms. The summed E-state index contributed by atoms with van der Waals surface area (Å²) in [7, 11) is 1.65. The fraction of sp³-hybridized carbons (Fsp3) is 0.333. The summed E-state index contributed by atoms with van der Waals surface area (Å²) in [5, 5.41) is 1.68. The number of fused-ring (bicyclic) bond motifs is 1. The van der Waals surface area contributed by atoms with E-state index in [4.69, 9.17) is 21.1 Å². The van der Waals surface area contributed by atoms with Crippen molar-refractivity contribution in [2.45, 2.75) is 81.6 Å². The maximum atomic E-state index is 13.0. The Labute approximate surface area is 292 Å². The highest BCUT2D eigenvalue weighted by Crippen LogP contribution is 2.30. The van der Waals surface area contributed by atoms with Crippen LogP contribution in [-0.4, -0.2) is 23.6 Å². The summed E-state index contributed by atoms with van der Waals surface area (Å²) in [5.41, 5.74) is 7.53. The number of carbonyl (C=O) groups excluding carboxylic acids is 2. The standard InChI is InChI=1S/C19H18ClNO2.C13H20.C9H10O2.CH4/c1-4-16-12(2)21(18-10-9-15(23-3)11-17(16)18)19(22)13-5-7-14(20)8-6-13;1-10(2)9-12-5-7-13(8-6-12)11(3)4;1-7-5-3-4-6-9(7)11-8(2)10;/h5-11H,4H2,1-3H3;5-8,10-11H,9H2,1-4H3;3-6H,1-2H3;1H4. The predicted molar refractivity (Wildman–Crippen MR) is 202 cm³/mol. The molecule has 1 heterocycles. The molecular formula is C42H52ClNO4. The number of aromatic nitrogens is 1. The third-order valence-corrected chi connectivity index (χ3v) is 8.08. The first-order valence-electron chi connectivity index (χ1n) is 16.2. The van der Waals surface area contributed by atoms with Gasteiger partial charge in [0, 0.05) is 28.6 Å². The lowest BCUT2D eigenvalue weighted by Crippen LogP contribution is -2.13. The van der Waals surface area contributed by atoms with Crippen LogP contribution < -0.4 is 9.47 Å². The molecule has 48 heavy (non-hydrogen) atoms. The van der Waals surface area contributed by atoms with Crippen LogP contribution in [0.3, 0.4) is 0 Å². The van der Waals surface area contributed by atoms with E-state index in [2.05, 4.69) is 58.9 Å². The van der Waals surface area contributed by atoms with Gasteiger partial charge in [-0.25, -0.2) is 0 Å². The zero-order valence-corrected chi connectivity index (χ0v) is 29.9. The van der Waals surface area contributed by atoms with E-state index in [-0.39, 0.29) is 19.3 Å². The van der Waals surface area contributed by atoms with Crippen LogP contribution in [0.4, 0.5) is 0 Å². The Morgan fingerprint density at radius 1 is 0.854 bits per heavy atom. The van der Waals surface area contributed by atoms with Gasteiger partial charge in [0.25, 0.3) is 5.91 Å². The SMILES string of the molecule is C.CC(=O)Oc1ccccc1C.CC(C)Cc1ccc(C(C)C)cc1.CCc1c(C)n(C(=O)c2ccc(Cl)cc2)c2ccc(OC)cc12. The molecule has 0 N–H and O–H groups in total. The first-order valence-corrected chi connectivity index (χ1v) is 16.5. The van der Waals surface area contributed by atoms with Gasteiger partial charge in [0.2, 0.25) is 0 Å². The number of aryl methyl sites for hydroxylation is 2. The molecule has 256 valence electrons. The molecule has 0 saturated carbocycles. The minimum absolute atomic E-state index is 0. The lowest BCUT2D eigenvalue weighted by molar-refractivity contribution is -0.131. The average molecular weight is 670 g/mol. The van der Waals surface area contributed by atoms with Gasteiger partial charge in [-0.1, -0.05) is 96.1 Å². The highest BCUT2D eigenvalue weighted by molar-refractivity contribution is 6.30. The van der Waals surface area contributed by atoms with Crippen molar-refractivity contribution in [1.29, 1.82) is 0 Å². The van der Waals surface area contributed by atoms with Crippen molar-refractivity contribution in [1.82, 2.24) is 4.57 Å². The maximum absolute atomic E-state index is 13.0. The van der Waals surface area contributed by atoms with Gasteiger partial charge in [-0.15, -0.1) is 0 Å². The lowest BCUT2D eigenvalue weighted by atomic mass is 9.98. The Hall–Kier alpha value is -4.35. The number of carbonyl (C=O) groups is 2. The predicted octanol–water partition coefficient (Wildman–Crippen LogP) is 11.4. The van der Waals surface area contributed by atoms with Gasteiger partial charge in [-0.2, -0.15) is 0 Å². The van der Waals surface area contributed by atoms with Crippen LogP contribution in [0.25, 0.3) is 10.9 Å². The first kappa shape index (κ1) is 39.8. The summed E-state index contributed by atoms with van der Waals surface area (Å²) in [6, 6.07) is 29.2. The molecule has 4 aromatic carbocycles. The second-order valence-electron chi connectivity index (χ2n) is 12.3. The van der Waals surface area contributed by atoms with Gasteiger partial charge in [0.15, 0.2) is 0 Å². The zero-order valence-electron chi connectivity index (χ0n) is 29.2. The maximum Gasteiger partial charge on any atom is 0.308 e. The molecule has 0 spiro atoms. The summed E-state index contributed by atoms with van der Waals surface area (Å²) >= 11 is 5.92. The number of nitrogens with zero attached hydrogens (tertiary/aromatic N) is 1. The van der Waals surface area contributed by atoms with Gasteiger partial charge < -0.3 is 9.47 Å². The lowest BCUT2D eigenvalue weighted by Gasteiger charge is -2.08. The Bertz CT molecular complexity index is 1770. The van der Waals surface area contributed by atoms with E-state index in [1.54, 1.807) is 42.0 Å². The van der Waals surface area contributed by atoms with Gasteiger partial charge in [-0.05, 0) is 109 Å². The van der Waals surface area contributed by atoms with Crippen LogP contribution in [0.2, 0.25) is 5.02 Å². The highest BCUT2D eigenvalue weighted by Gasteiger charge is 2.19. The highest BCUT2D eigenvalue weighted by atomic mass is 35.5. The van der Waals surface area contributed by atoms with Crippen molar-refractivity contribution in [3.63, 3.8) is 0 Å². The third kappa shape index (κ3) is 10.8. The van der Waals surface area contributed by atoms with Crippen molar-refractivity contribution in [3.05, 3.63) is 130 Å². The van der Waals surface area contributed by atoms with Crippen LogP contribution in [-0.2, 0) is 17.6 Å². The summed E-state index contributed by atoms with van der Waals surface area (Å²) in [4.78, 5) is 23.5. The average Bonchev–Trinajstić information content (AvgIpc) is 3.32. The summed E-state index contributed by atoms with van der Waals surface area (Å²) < 4.78 is 12.0. The number of esters is 1. The molecule has 0 radical (unpaired) electrons. The van der Waals surface area contributed by atoms with E-state index in [1.165, 1.54) is 30.0 Å². The number of methoxy groups -OCH3 is 1. The molecule has 0 atom stereocenters. The van der Waals surface area contributed by atoms with E-state index in [0.717, 1.165) is 40.2 Å². The van der Waals surface area contributed by atoms with Crippen molar-refractivity contribution in [2.75, 3.05) is 7.11 Å². The minimum atomic E-state index is -0.278. The van der Waals surface area contributed by atoms with Crippen molar-refractivity contribution >= 4 is 34.4 Å². The molecule has 0 aliphatic rings. The van der Waals surface area contributed by atoms with Crippen LogP contribution in [0, 0.1) is 19.8 Å². The summed E-state index contributed by atoms with van der Waals surface area (Å²) in [6.07, 6.45) is 2.05. The van der Waals surface area contributed by atoms with Crippen LogP contribution in [0.15, 0.2) is 91.0 Å². The number of hydrogen-bond donors (Lipinski definition) is 0. The monoisotopic (exact) mass is 669 g/mol. The minimum Gasteiger partial charge on any atom is -0.497 e. The Morgan fingerprint density at radius 2 is 1.48 bits per heavy atom. The second-order valence-corrected chi connectivity index (χ2v) is 12.7. The fourth-order valence-corrected chi connectivity index (χ4v) is 5.48. The van der Waals surface area contributed by atoms with Crippen molar-refractivity contribution < 1.29 is 19.1 Å². The molecule has 0 aliphatic carbocycles. The first-order chi connectivity index (χ1) is 22.4. The zero-order chi connectivity index (χ0) is 34.7. The fourth-order valence-electron chi connectivity index (χ4n) is 5.35. The normalized spacial score (nSPS) is 10.4. The molecule has 0 unspecified atom stereocenters. The summed E-state index contributed by atoms with van der Waals surface area (Å²) in [5.74, 6) is 2.51. The molecule has 0 aliphatic heterocycles. The summed E-state index contributed by atoms with van der Waals surface area (Å²) in [6.45, 7) is 16.4. The molecule has 0 bridgehead atoms. The number of hydrogen-bond acceptors (Lipinski definition) is 4. The van der Waals surface area contributed by atoms with E-state index in [0.29, 0.717) is 22.3 Å².